The number of ketones is 1. The van der Waals surface area contributed by atoms with Gasteiger partial charge in [0, 0.05) is 11.9 Å². The molecule has 0 bridgehead atoms. The Balaban J connectivity index is 1.87. The Morgan fingerprint density at radius 2 is 1.84 bits per heavy atom. The number of rotatable bonds is 7. The summed E-state index contributed by atoms with van der Waals surface area (Å²) in [5.74, 6) is -1.66. The first-order chi connectivity index (χ1) is 14.7. The summed E-state index contributed by atoms with van der Waals surface area (Å²) in [6, 6.07) is 10.8. The Labute approximate surface area is 182 Å². The van der Waals surface area contributed by atoms with Gasteiger partial charge in [-0.05, 0) is 30.5 Å². The number of nitrogens with two attached hydrogens (primary N) is 1. The molecule has 0 atom stereocenters. The summed E-state index contributed by atoms with van der Waals surface area (Å²) in [4.78, 5) is 51.6. The van der Waals surface area contributed by atoms with E-state index < -0.39 is 29.6 Å². The first-order valence-corrected chi connectivity index (χ1v) is 10.5. The van der Waals surface area contributed by atoms with E-state index in [1.54, 1.807) is 30.3 Å². The minimum absolute atomic E-state index is 0.0912. The summed E-state index contributed by atoms with van der Waals surface area (Å²) in [7, 11) is 1.27. The molecule has 3 aromatic rings. The van der Waals surface area contributed by atoms with Gasteiger partial charge in [0.1, 0.15) is 16.3 Å². The fourth-order valence-electron chi connectivity index (χ4n) is 3.21. The van der Waals surface area contributed by atoms with Gasteiger partial charge < -0.3 is 10.5 Å². The normalized spacial score (nSPS) is 10.8. The third kappa shape index (κ3) is 4.51. The first kappa shape index (κ1) is 22.2. The van der Waals surface area contributed by atoms with Gasteiger partial charge in [-0.2, -0.15) is 0 Å². The number of esters is 1. The summed E-state index contributed by atoms with van der Waals surface area (Å²) in [5.41, 5.74) is 5.98. The highest BCUT2D eigenvalue weighted by Gasteiger charge is 2.23. The van der Waals surface area contributed by atoms with Crippen LogP contribution in [0.25, 0.3) is 0 Å². The van der Waals surface area contributed by atoms with E-state index >= 15 is 0 Å². The molecule has 0 aliphatic carbocycles. The fourth-order valence-corrected chi connectivity index (χ4v) is 4.22. The molecule has 0 spiro atoms. The van der Waals surface area contributed by atoms with Crippen LogP contribution in [-0.2, 0) is 24.8 Å². The van der Waals surface area contributed by atoms with E-state index in [-0.39, 0.29) is 17.9 Å². The smallest absolute Gasteiger partial charge is 0.348 e. The summed E-state index contributed by atoms with van der Waals surface area (Å²) in [5, 5.41) is 0. The van der Waals surface area contributed by atoms with Crippen LogP contribution in [0.5, 0.6) is 0 Å². The van der Waals surface area contributed by atoms with E-state index in [4.69, 9.17) is 10.5 Å². The monoisotopic (exact) mass is 441 g/mol. The molecule has 2 aromatic heterocycles. The molecule has 8 nitrogen and oxygen atoms in total. The lowest BCUT2D eigenvalue weighted by Crippen LogP contribution is -2.43. The highest BCUT2D eigenvalue weighted by Crippen LogP contribution is 2.23. The van der Waals surface area contributed by atoms with E-state index in [9.17, 15) is 19.2 Å². The van der Waals surface area contributed by atoms with Crippen LogP contribution in [0.15, 0.2) is 46.0 Å². The number of nitrogens with zero attached hydrogens (tertiary/aromatic N) is 2. The summed E-state index contributed by atoms with van der Waals surface area (Å²) in [6.45, 7) is 3.33. The van der Waals surface area contributed by atoms with Crippen LogP contribution in [0.2, 0.25) is 0 Å². The molecular weight excluding hydrogens is 418 g/mol. The van der Waals surface area contributed by atoms with Crippen LogP contribution in [0.3, 0.4) is 0 Å². The molecule has 0 radical (unpaired) electrons. The van der Waals surface area contributed by atoms with Crippen LogP contribution in [0, 0.1) is 6.92 Å². The van der Waals surface area contributed by atoms with Crippen molar-refractivity contribution in [1.82, 2.24) is 9.13 Å². The fraction of sp³-hybridized carbons (Fsp3) is 0.273. The number of carbonyl (C=O) groups excluding carboxylic acids is 2. The Morgan fingerprint density at radius 1 is 1.16 bits per heavy atom. The number of aromatic nitrogens is 2. The number of thiophene rings is 1. The molecule has 31 heavy (non-hydrogen) atoms. The maximum atomic E-state index is 12.7. The summed E-state index contributed by atoms with van der Waals surface area (Å²) >= 11 is 1.31. The van der Waals surface area contributed by atoms with E-state index in [2.05, 4.69) is 0 Å². The van der Waals surface area contributed by atoms with Crippen molar-refractivity contribution in [3.05, 3.63) is 83.7 Å². The zero-order valence-corrected chi connectivity index (χ0v) is 18.3. The molecule has 0 amide bonds. The van der Waals surface area contributed by atoms with Gasteiger partial charge in [-0.15, -0.1) is 11.3 Å². The van der Waals surface area contributed by atoms with E-state index in [0.29, 0.717) is 4.88 Å². The third-order valence-corrected chi connectivity index (χ3v) is 6.28. The molecule has 9 heteroatoms. The molecule has 2 N–H and O–H groups in total. The molecule has 0 saturated carbocycles. The molecule has 162 valence electrons. The topological polar surface area (TPSA) is 113 Å². The molecule has 1 aromatic carbocycles. The van der Waals surface area contributed by atoms with Crippen molar-refractivity contribution in [3.63, 3.8) is 0 Å². The zero-order chi connectivity index (χ0) is 22.7. The van der Waals surface area contributed by atoms with Crippen LogP contribution in [0.4, 0.5) is 5.82 Å². The SMILES string of the molecule is CCc1sc(C(=O)OCC(=O)c2c(N)n(Cc3ccccc3)c(=O)n(C)c2=O)cc1C. The lowest BCUT2D eigenvalue weighted by molar-refractivity contribution is 0.0479. The van der Waals surface area contributed by atoms with Crippen LogP contribution in [0.1, 0.15) is 43.0 Å². The van der Waals surface area contributed by atoms with E-state index in [1.807, 2.05) is 19.9 Å². The second-order valence-corrected chi connectivity index (χ2v) is 8.19. The van der Waals surface area contributed by atoms with Gasteiger partial charge >= 0.3 is 11.7 Å². The van der Waals surface area contributed by atoms with E-state index in [1.165, 1.54) is 18.4 Å². The molecule has 0 saturated heterocycles. The van der Waals surface area contributed by atoms with Gasteiger partial charge in [0.05, 0.1) is 6.54 Å². The van der Waals surface area contributed by atoms with Gasteiger partial charge in [-0.3, -0.25) is 18.7 Å². The second kappa shape index (κ2) is 9.13. The standard InChI is InChI=1S/C22H23N3O5S/c1-4-16-13(2)10-17(31-16)21(28)30-12-15(26)18-19(23)25(22(29)24(3)20(18)27)11-14-8-6-5-7-9-14/h5-10H,4,11-12,23H2,1-3H3. The zero-order valence-electron chi connectivity index (χ0n) is 17.5. The average molecular weight is 442 g/mol. The molecule has 3 rings (SSSR count). The number of nitrogen functional groups attached to an aromatic ring is 1. The van der Waals surface area contributed by atoms with Crippen LogP contribution < -0.4 is 17.0 Å². The number of aryl methyl sites for hydroxylation is 2. The van der Waals surface area contributed by atoms with Crippen molar-refractivity contribution in [2.24, 2.45) is 7.05 Å². The number of carbonyl (C=O) groups is 2. The average Bonchev–Trinajstić information content (AvgIpc) is 3.15. The Hall–Kier alpha value is -3.46. The van der Waals surface area contributed by atoms with Crippen molar-refractivity contribution in [3.8, 4) is 0 Å². The summed E-state index contributed by atoms with van der Waals surface area (Å²) < 4.78 is 7.10. The third-order valence-electron chi connectivity index (χ3n) is 4.92. The van der Waals surface area contributed by atoms with Crippen molar-refractivity contribution < 1.29 is 14.3 Å². The van der Waals surface area contributed by atoms with Crippen molar-refractivity contribution in [1.29, 1.82) is 0 Å². The molecule has 0 aliphatic rings. The molecule has 0 unspecified atom stereocenters. The predicted octanol–water partition coefficient (Wildman–Crippen LogP) is 2.15. The summed E-state index contributed by atoms with van der Waals surface area (Å²) in [6.07, 6.45) is 0.790. The first-order valence-electron chi connectivity index (χ1n) is 9.67. The minimum Gasteiger partial charge on any atom is -0.453 e. The molecular formula is C22H23N3O5S. The lowest BCUT2D eigenvalue weighted by atomic mass is 10.2. The number of anilines is 1. The largest absolute Gasteiger partial charge is 0.453 e. The Bertz CT molecular complexity index is 1250. The Morgan fingerprint density at radius 3 is 2.45 bits per heavy atom. The van der Waals surface area contributed by atoms with Crippen molar-refractivity contribution >= 4 is 28.9 Å². The lowest BCUT2D eigenvalue weighted by Gasteiger charge is -2.14. The highest BCUT2D eigenvalue weighted by atomic mass is 32.1. The number of ether oxygens (including phenoxy) is 1. The quantitative estimate of drug-likeness (QED) is 0.444. The van der Waals surface area contributed by atoms with Crippen LogP contribution in [-0.4, -0.2) is 27.5 Å². The van der Waals surface area contributed by atoms with Gasteiger partial charge in [0.2, 0.25) is 5.78 Å². The van der Waals surface area contributed by atoms with Gasteiger partial charge in [0.25, 0.3) is 5.56 Å². The second-order valence-electron chi connectivity index (χ2n) is 7.05. The molecule has 0 fully saturated rings. The maximum absolute atomic E-state index is 12.7. The Kier molecular flexibility index (Phi) is 6.55. The number of hydrogen-bond donors (Lipinski definition) is 1. The number of Topliss-reactive ketones (excluding diaryl/α,β-unsaturated/α-hetero) is 1. The van der Waals surface area contributed by atoms with Gasteiger partial charge in [0.15, 0.2) is 6.61 Å². The number of hydrogen-bond acceptors (Lipinski definition) is 7. The molecule has 0 aliphatic heterocycles. The number of benzene rings is 1. The van der Waals surface area contributed by atoms with Crippen molar-refractivity contribution in [2.45, 2.75) is 26.8 Å². The minimum atomic E-state index is -0.826. The molecule has 2 heterocycles. The highest BCUT2D eigenvalue weighted by molar-refractivity contribution is 7.14. The van der Waals surface area contributed by atoms with E-state index in [0.717, 1.165) is 31.6 Å². The predicted molar refractivity (Wildman–Crippen MR) is 119 cm³/mol. The van der Waals surface area contributed by atoms with Gasteiger partial charge in [-0.1, -0.05) is 37.3 Å². The van der Waals surface area contributed by atoms with Crippen molar-refractivity contribution in [2.75, 3.05) is 12.3 Å². The van der Waals surface area contributed by atoms with Gasteiger partial charge in [-0.25, -0.2) is 9.59 Å². The maximum Gasteiger partial charge on any atom is 0.348 e. The van der Waals surface area contributed by atoms with Crippen LogP contribution >= 0.6 is 11.3 Å².